The van der Waals surface area contributed by atoms with Gasteiger partial charge in [-0.15, -0.1) is 5.10 Å². The number of benzene rings is 1. The summed E-state index contributed by atoms with van der Waals surface area (Å²) in [5, 5.41) is 15.3. The Morgan fingerprint density at radius 1 is 1.52 bits per heavy atom. The lowest BCUT2D eigenvalue weighted by atomic mass is 10.2. The molecular weight excluding hydrogens is 385 g/mol. The third-order valence-corrected chi connectivity index (χ3v) is 5.65. The Hall–Kier alpha value is -1.35. The van der Waals surface area contributed by atoms with Crippen LogP contribution in [0.5, 0.6) is 0 Å². The molecular formula is C15H17Cl2N5O2S. The molecule has 1 saturated heterocycles. The molecule has 2 heterocycles. The lowest BCUT2D eigenvalue weighted by Crippen LogP contribution is -2.24. The third kappa shape index (κ3) is 4.63. The summed E-state index contributed by atoms with van der Waals surface area (Å²) in [6.45, 7) is 3.14. The molecule has 7 nitrogen and oxygen atoms in total. The zero-order chi connectivity index (χ0) is 17.8. The van der Waals surface area contributed by atoms with Crippen molar-refractivity contribution in [2.75, 3.05) is 11.9 Å². The highest BCUT2D eigenvalue weighted by atomic mass is 35.5. The van der Waals surface area contributed by atoms with E-state index in [9.17, 15) is 4.79 Å². The first kappa shape index (κ1) is 18.4. The highest BCUT2D eigenvalue weighted by molar-refractivity contribution is 8.00. The van der Waals surface area contributed by atoms with Crippen LogP contribution in [0.15, 0.2) is 23.4 Å². The van der Waals surface area contributed by atoms with E-state index in [0.29, 0.717) is 27.4 Å². The van der Waals surface area contributed by atoms with Crippen LogP contribution in [0.25, 0.3) is 0 Å². The monoisotopic (exact) mass is 401 g/mol. The second-order valence-corrected chi connectivity index (χ2v) is 7.72. The number of thioether (sulfide) groups is 1. The number of nitrogens with one attached hydrogen (secondary N) is 1. The maximum absolute atomic E-state index is 12.4. The van der Waals surface area contributed by atoms with Crippen molar-refractivity contribution >= 4 is 46.6 Å². The molecule has 25 heavy (non-hydrogen) atoms. The molecule has 2 aromatic rings. The molecule has 1 N–H and O–H groups in total. The number of ether oxygens (including phenoxy) is 1. The van der Waals surface area contributed by atoms with Crippen molar-refractivity contribution in [3.8, 4) is 0 Å². The molecule has 1 aliphatic heterocycles. The summed E-state index contributed by atoms with van der Waals surface area (Å²) in [5.41, 5.74) is 0.477. The van der Waals surface area contributed by atoms with E-state index in [1.807, 2.05) is 0 Å². The van der Waals surface area contributed by atoms with Crippen LogP contribution in [0.2, 0.25) is 10.0 Å². The number of tetrazole rings is 1. The van der Waals surface area contributed by atoms with Crippen molar-refractivity contribution in [2.45, 2.75) is 42.8 Å². The topological polar surface area (TPSA) is 81.9 Å². The van der Waals surface area contributed by atoms with Crippen molar-refractivity contribution in [3.63, 3.8) is 0 Å². The number of aromatic nitrogens is 4. The average Bonchev–Trinajstić information content (AvgIpc) is 3.25. The smallest absolute Gasteiger partial charge is 0.237 e. The van der Waals surface area contributed by atoms with Crippen molar-refractivity contribution in [2.24, 2.45) is 0 Å². The van der Waals surface area contributed by atoms with Gasteiger partial charge in [-0.2, -0.15) is 0 Å². The van der Waals surface area contributed by atoms with E-state index in [1.54, 1.807) is 29.8 Å². The van der Waals surface area contributed by atoms with E-state index < -0.39 is 5.25 Å². The lowest BCUT2D eigenvalue weighted by Gasteiger charge is -2.14. The summed E-state index contributed by atoms with van der Waals surface area (Å²) in [6.07, 6.45) is 2.17. The van der Waals surface area contributed by atoms with Crippen LogP contribution in [-0.4, -0.2) is 44.1 Å². The van der Waals surface area contributed by atoms with Crippen molar-refractivity contribution in [1.29, 1.82) is 0 Å². The third-order valence-electron chi connectivity index (χ3n) is 3.76. The highest BCUT2D eigenvalue weighted by Crippen LogP contribution is 2.30. The van der Waals surface area contributed by atoms with Gasteiger partial charge in [0.2, 0.25) is 11.1 Å². The van der Waals surface area contributed by atoms with Crippen LogP contribution in [0, 0.1) is 0 Å². The standard InChI is InChI=1S/C15H17Cl2N5O2S/c1-9(14(23)18-12-6-2-5-11(16)13(12)17)25-15-19-20-21-22(15)8-10-4-3-7-24-10/h2,5-6,9-10H,3-4,7-8H2,1H3,(H,18,23). The van der Waals surface area contributed by atoms with E-state index in [-0.39, 0.29) is 12.0 Å². The van der Waals surface area contributed by atoms with E-state index in [2.05, 4.69) is 20.8 Å². The number of carbonyl (C=O) groups excluding carboxylic acids is 1. The minimum Gasteiger partial charge on any atom is -0.376 e. The van der Waals surface area contributed by atoms with Gasteiger partial charge in [0.1, 0.15) is 0 Å². The molecule has 2 unspecified atom stereocenters. The van der Waals surface area contributed by atoms with Gasteiger partial charge in [-0.05, 0) is 42.3 Å². The predicted molar refractivity (Wildman–Crippen MR) is 97.2 cm³/mol. The predicted octanol–water partition coefficient (Wildman–Crippen LogP) is 3.28. The molecule has 1 amide bonds. The number of hydrogen-bond acceptors (Lipinski definition) is 6. The normalized spacial score (nSPS) is 18.3. The van der Waals surface area contributed by atoms with Crippen LogP contribution >= 0.6 is 35.0 Å². The molecule has 10 heteroatoms. The van der Waals surface area contributed by atoms with Crippen LogP contribution in [0.4, 0.5) is 5.69 Å². The number of amides is 1. The van der Waals surface area contributed by atoms with Gasteiger partial charge in [0.15, 0.2) is 0 Å². The lowest BCUT2D eigenvalue weighted by molar-refractivity contribution is -0.115. The molecule has 134 valence electrons. The summed E-state index contributed by atoms with van der Waals surface area (Å²) >= 11 is 13.3. The Bertz CT molecular complexity index is 751. The SMILES string of the molecule is CC(Sc1nnnn1CC1CCCO1)C(=O)Nc1cccc(Cl)c1Cl. The van der Waals surface area contributed by atoms with Gasteiger partial charge in [-0.1, -0.05) is 41.0 Å². The summed E-state index contributed by atoms with van der Waals surface area (Å²) in [6, 6.07) is 5.09. The Labute approximate surface area is 159 Å². The Kier molecular flexibility index (Phi) is 6.16. The first-order valence-corrected chi connectivity index (χ1v) is 9.47. The summed E-state index contributed by atoms with van der Waals surface area (Å²) in [4.78, 5) is 12.4. The van der Waals surface area contributed by atoms with Crippen LogP contribution in [0.1, 0.15) is 19.8 Å². The Morgan fingerprint density at radius 2 is 2.36 bits per heavy atom. The van der Waals surface area contributed by atoms with Crippen LogP contribution < -0.4 is 5.32 Å². The maximum Gasteiger partial charge on any atom is 0.237 e. The minimum atomic E-state index is -0.413. The van der Waals surface area contributed by atoms with Gasteiger partial charge < -0.3 is 10.1 Å². The van der Waals surface area contributed by atoms with Gasteiger partial charge in [-0.25, -0.2) is 4.68 Å². The minimum absolute atomic E-state index is 0.122. The second-order valence-electron chi connectivity index (χ2n) is 5.63. The van der Waals surface area contributed by atoms with Gasteiger partial charge in [0.25, 0.3) is 0 Å². The quantitative estimate of drug-likeness (QED) is 0.747. The molecule has 1 aromatic heterocycles. The number of rotatable bonds is 6. The molecule has 0 saturated carbocycles. The molecule has 1 aromatic carbocycles. The fourth-order valence-corrected chi connectivity index (χ4v) is 3.57. The molecule has 3 rings (SSSR count). The number of nitrogens with zero attached hydrogens (tertiary/aromatic N) is 4. The number of halogens is 2. The zero-order valence-electron chi connectivity index (χ0n) is 13.5. The van der Waals surface area contributed by atoms with E-state index in [0.717, 1.165) is 19.4 Å². The summed E-state index contributed by atoms with van der Waals surface area (Å²) in [7, 11) is 0. The maximum atomic E-state index is 12.4. The van der Waals surface area contributed by atoms with Crippen molar-refractivity contribution in [3.05, 3.63) is 28.2 Å². The van der Waals surface area contributed by atoms with Crippen molar-refractivity contribution < 1.29 is 9.53 Å². The van der Waals surface area contributed by atoms with Crippen LogP contribution in [0.3, 0.4) is 0 Å². The molecule has 2 atom stereocenters. The molecule has 0 radical (unpaired) electrons. The molecule has 1 fully saturated rings. The van der Waals surface area contributed by atoms with E-state index in [1.165, 1.54) is 11.8 Å². The van der Waals surface area contributed by atoms with Gasteiger partial charge in [0, 0.05) is 6.61 Å². The Morgan fingerprint density at radius 3 is 3.12 bits per heavy atom. The average molecular weight is 402 g/mol. The first-order valence-electron chi connectivity index (χ1n) is 7.84. The highest BCUT2D eigenvalue weighted by Gasteiger charge is 2.22. The molecule has 0 spiro atoms. The van der Waals surface area contributed by atoms with Crippen LogP contribution in [-0.2, 0) is 16.1 Å². The van der Waals surface area contributed by atoms with Crippen molar-refractivity contribution in [1.82, 2.24) is 20.2 Å². The summed E-state index contributed by atoms with van der Waals surface area (Å²) < 4.78 is 7.28. The first-order chi connectivity index (χ1) is 12.0. The Balaban J connectivity index is 1.62. The van der Waals surface area contributed by atoms with E-state index >= 15 is 0 Å². The van der Waals surface area contributed by atoms with Gasteiger partial charge in [-0.3, -0.25) is 4.79 Å². The molecule has 0 bridgehead atoms. The number of hydrogen-bond donors (Lipinski definition) is 1. The molecule has 1 aliphatic rings. The van der Waals surface area contributed by atoms with Gasteiger partial charge in [0.05, 0.1) is 33.6 Å². The summed E-state index contributed by atoms with van der Waals surface area (Å²) in [5.74, 6) is -0.208. The largest absolute Gasteiger partial charge is 0.376 e. The fraction of sp³-hybridized carbons (Fsp3) is 0.467. The fourth-order valence-electron chi connectivity index (χ4n) is 2.42. The zero-order valence-corrected chi connectivity index (χ0v) is 15.8. The number of anilines is 1. The van der Waals surface area contributed by atoms with Gasteiger partial charge >= 0.3 is 0 Å². The van der Waals surface area contributed by atoms with E-state index in [4.69, 9.17) is 27.9 Å². The number of carbonyl (C=O) groups is 1. The molecule has 0 aliphatic carbocycles. The second kappa shape index (κ2) is 8.35.